The quantitative estimate of drug-likeness (QED) is 0.445. The molecular weight excluding hydrogens is 402 g/mol. The van der Waals surface area contributed by atoms with Crippen LogP contribution in [0.15, 0.2) is 58.1 Å². The van der Waals surface area contributed by atoms with Gasteiger partial charge in [-0.2, -0.15) is 0 Å². The van der Waals surface area contributed by atoms with Crippen molar-refractivity contribution >= 4 is 50.4 Å². The third kappa shape index (κ3) is 2.68. The molecule has 0 saturated heterocycles. The molecule has 0 fully saturated rings. The molecule has 0 radical (unpaired) electrons. The molecule has 0 unspecified atom stereocenters. The average molecular weight is 424 g/mol. The summed E-state index contributed by atoms with van der Waals surface area (Å²) in [7, 11) is 5.50. The molecule has 0 N–H and O–H groups in total. The largest absolute Gasteiger partial charge is 0.496 e. The fourth-order valence-electron chi connectivity index (χ4n) is 4.29. The number of methoxy groups -OCH3 is 1. The standard InChI is InChI=1S/C23H21N3O3.ClH/c1-24(2)12-13-25-22(27)17-8-4-7-16-20-15-6-5-9-19(29-3)14(15)10-11-18(20)26(21(16)17)23(25)28;/h4-11H,12-13H2,1-3H3;1H. The van der Waals surface area contributed by atoms with E-state index in [1.54, 1.807) is 17.6 Å². The van der Waals surface area contributed by atoms with Gasteiger partial charge < -0.3 is 9.64 Å². The molecular formula is C23H22ClN3O3. The van der Waals surface area contributed by atoms with Crippen LogP contribution >= 0.6 is 12.4 Å². The Hall–Kier alpha value is -3.09. The Balaban J connectivity index is 0.00000218. The summed E-state index contributed by atoms with van der Waals surface area (Å²) >= 11 is 0. The molecule has 5 rings (SSSR count). The molecule has 0 spiro atoms. The molecule has 0 amide bonds. The Kier molecular flexibility index (Phi) is 4.92. The van der Waals surface area contributed by atoms with Gasteiger partial charge in [0, 0.05) is 29.2 Å². The molecule has 0 aliphatic rings. The average Bonchev–Trinajstić information content (AvgIpc) is 3.07. The van der Waals surface area contributed by atoms with Crippen LogP contribution in [0.2, 0.25) is 0 Å². The maximum Gasteiger partial charge on any atom is 0.336 e. The van der Waals surface area contributed by atoms with Crippen LogP contribution in [-0.2, 0) is 6.54 Å². The van der Waals surface area contributed by atoms with Crippen LogP contribution in [0.1, 0.15) is 0 Å². The Morgan fingerprint density at radius 3 is 2.33 bits per heavy atom. The molecule has 2 aromatic heterocycles. The van der Waals surface area contributed by atoms with E-state index in [0.29, 0.717) is 24.0 Å². The second kappa shape index (κ2) is 7.31. The number of hydrogen-bond donors (Lipinski definition) is 0. The van der Waals surface area contributed by atoms with Crippen LogP contribution in [0, 0.1) is 0 Å². The van der Waals surface area contributed by atoms with Crippen molar-refractivity contribution in [1.82, 2.24) is 13.9 Å². The van der Waals surface area contributed by atoms with Gasteiger partial charge in [0.2, 0.25) is 0 Å². The van der Waals surface area contributed by atoms with Gasteiger partial charge in [0.05, 0.1) is 23.5 Å². The van der Waals surface area contributed by atoms with Gasteiger partial charge in [0.15, 0.2) is 0 Å². The van der Waals surface area contributed by atoms with E-state index in [0.717, 1.165) is 32.8 Å². The second-order valence-electron chi connectivity index (χ2n) is 7.59. The van der Waals surface area contributed by atoms with Gasteiger partial charge >= 0.3 is 5.69 Å². The molecule has 30 heavy (non-hydrogen) atoms. The molecule has 154 valence electrons. The lowest BCUT2D eigenvalue weighted by Gasteiger charge is -2.12. The number of benzene rings is 3. The van der Waals surface area contributed by atoms with E-state index in [4.69, 9.17) is 4.74 Å². The van der Waals surface area contributed by atoms with Gasteiger partial charge in [-0.25, -0.2) is 4.79 Å². The van der Waals surface area contributed by atoms with Crippen LogP contribution in [0.5, 0.6) is 5.75 Å². The number of likely N-dealkylation sites (N-methyl/N-ethyl adjacent to an activating group) is 1. The molecule has 2 heterocycles. The summed E-state index contributed by atoms with van der Waals surface area (Å²) in [6, 6.07) is 15.5. The Labute approximate surface area is 178 Å². The lowest BCUT2D eigenvalue weighted by Crippen LogP contribution is -2.39. The van der Waals surface area contributed by atoms with Crippen LogP contribution in [-0.4, -0.2) is 41.6 Å². The predicted octanol–water partition coefficient (Wildman–Crippen LogP) is 3.35. The highest BCUT2D eigenvalue weighted by molar-refractivity contribution is 6.23. The summed E-state index contributed by atoms with van der Waals surface area (Å²) in [5, 5.41) is 4.42. The van der Waals surface area contributed by atoms with Gasteiger partial charge in [-0.15, -0.1) is 12.4 Å². The summed E-state index contributed by atoms with van der Waals surface area (Å²) in [6.07, 6.45) is 0. The number of rotatable bonds is 4. The Bertz CT molecular complexity index is 1520. The number of para-hydroxylation sites is 1. The van der Waals surface area contributed by atoms with Gasteiger partial charge in [-0.05, 0) is 43.7 Å². The van der Waals surface area contributed by atoms with E-state index >= 15 is 0 Å². The van der Waals surface area contributed by atoms with Crippen molar-refractivity contribution < 1.29 is 4.74 Å². The van der Waals surface area contributed by atoms with E-state index in [9.17, 15) is 9.59 Å². The number of nitrogens with zero attached hydrogens (tertiary/aromatic N) is 3. The fourth-order valence-corrected chi connectivity index (χ4v) is 4.29. The maximum atomic E-state index is 13.4. The highest BCUT2D eigenvalue weighted by atomic mass is 35.5. The van der Waals surface area contributed by atoms with Gasteiger partial charge in [0.25, 0.3) is 5.56 Å². The van der Waals surface area contributed by atoms with Crippen molar-refractivity contribution in [2.45, 2.75) is 6.54 Å². The summed E-state index contributed by atoms with van der Waals surface area (Å²) in [6.45, 7) is 0.962. The topological polar surface area (TPSA) is 56.0 Å². The van der Waals surface area contributed by atoms with Crippen molar-refractivity contribution in [3.63, 3.8) is 0 Å². The SMILES string of the molecule is COc1cccc2c1ccc1c2c2cccc3c(=O)n(CCN(C)C)c(=O)n1c32.Cl. The molecule has 0 atom stereocenters. The van der Waals surface area contributed by atoms with Crippen molar-refractivity contribution in [1.29, 1.82) is 0 Å². The van der Waals surface area contributed by atoms with Gasteiger partial charge in [-0.1, -0.05) is 24.3 Å². The molecule has 0 aliphatic carbocycles. The van der Waals surface area contributed by atoms with Gasteiger partial charge in [0.1, 0.15) is 5.75 Å². The third-order valence-corrected chi connectivity index (χ3v) is 5.66. The monoisotopic (exact) mass is 423 g/mol. The smallest absolute Gasteiger partial charge is 0.336 e. The zero-order valence-electron chi connectivity index (χ0n) is 17.0. The van der Waals surface area contributed by atoms with Crippen LogP contribution in [0.25, 0.3) is 38.0 Å². The van der Waals surface area contributed by atoms with Gasteiger partial charge in [-0.3, -0.25) is 13.8 Å². The van der Waals surface area contributed by atoms with Crippen LogP contribution < -0.4 is 16.0 Å². The number of fused-ring (bicyclic) bond motifs is 5. The number of hydrogen-bond acceptors (Lipinski definition) is 4. The maximum absolute atomic E-state index is 13.4. The first-order valence-corrected chi connectivity index (χ1v) is 9.56. The molecule has 0 saturated carbocycles. The molecule has 7 heteroatoms. The molecule has 0 bridgehead atoms. The van der Waals surface area contributed by atoms with E-state index in [1.165, 1.54) is 4.57 Å². The minimum atomic E-state index is -0.294. The van der Waals surface area contributed by atoms with Crippen LogP contribution in [0.3, 0.4) is 0 Å². The van der Waals surface area contributed by atoms with Crippen molar-refractivity contribution in [3.05, 3.63) is 69.4 Å². The summed E-state index contributed by atoms with van der Waals surface area (Å²) in [5.41, 5.74) is 0.965. The first-order valence-electron chi connectivity index (χ1n) is 9.56. The summed E-state index contributed by atoms with van der Waals surface area (Å²) in [4.78, 5) is 28.5. The van der Waals surface area contributed by atoms with E-state index in [2.05, 4.69) is 0 Å². The number of halogens is 1. The van der Waals surface area contributed by atoms with E-state index in [-0.39, 0.29) is 23.7 Å². The van der Waals surface area contributed by atoms with Crippen LogP contribution in [0.4, 0.5) is 0 Å². The third-order valence-electron chi connectivity index (χ3n) is 5.66. The second-order valence-corrected chi connectivity index (χ2v) is 7.59. The normalized spacial score (nSPS) is 11.7. The summed E-state index contributed by atoms with van der Waals surface area (Å²) < 4.78 is 8.56. The molecule has 0 aliphatic heterocycles. The molecule has 5 aromatic rings. The van der Waals surface area contributed by atoms with Crippen molar-refractivity contribution in [2.75, 3.05) is 27.7 Å². The molecule has 3 aromatic carbocycles. The van der Waals surface area contributed by atoms with Crippen molar-refractivity contribution in [2.24, 2.45) is 0 Å². The minimum Gasteiger partial charge on any atom is -0.496 e. The zero-order chi connectivity index (χ0) is 20.3. The zero-order valence-corrected chi connectivity index (χ0v) is 17.8. The lowest BCUT2D eigenvalue weighted by molar-refractivity contribution is 0.376. The highest BCUT2D eigenvalue weighted by Gasteiger charge is 2.20. The lowest BCUT2D eigenvalue weighted by atomic mass is 10.0. The number of ether oxygens (including phenoxy) is 1. The first kappa shape index (κ1) is 20.2. The van der Waals surface area contributed by atoms with E-state index < -0.39 is 0 Å². The Morgan fingerprint density at radius 2 is 1.60 bits per heavy atom. The predicted molar refractivity (Wildman–Crippen MR) is 124 cm³/mol. The van der Waals surface area contributed by atoms with E-state index in [1.807, 2.05) is 61.5 Å². The first-order chi connectivity index (χ1) is 14.0. The van der Waals surface area contributed by atoms with Crippen molar-refractivity contribution in [3.8, 4) is 5.75 Å². The highest BCUT2D eigenvalue weighted by Crippen LogP contribution is 2.37. The Morgan fingerprint density at radius 1 is 0.900 bits per heavy atom. The molecule has 6 nitrogen and oxygen atoms in total. The fraction of sp³-hybridized carbons (Fsp3) is 0.217. The minimum absolute atomic E-state index is 0. The number of aromatic nitrogens is 2. The summed E-state index contributed by atoms with van der Waals surface area (Å²) in [5.74, 6) is 0.784.